The fraction of sp³-hybridized carbons (Fsp3) is 0.667. The van der Waals surface area contributed by atoms with Crippen LogP contribution in [0.5, 0.6) is 0 Å². The molecule has 1 saturated carbocycles. The highest BCUT2D eigenvalue weighted by molar-refractivity contribution is 6.55. The molecule has 68 valence electrons. The Morgan fingerprint density at radius 1 is 1.42 bits per heavy atom. The van der Waals surface area contributed by atoms with Gasteiger partial charge in [0, 0.05) is 5.92 Å². The Morgan fingerprint density at radius 2 is 1.92 bits per heavy atom. The molecular formula is C9H12Cl2O. The molecule has 1 aliphatic carbocycles. The van der Waals surface area contributed by atoms with Gasteiger partial charge in [0.1, 0.15) is 10.3 Å². The minimum absolute atomic E-state index is 0.0425. The Morgan fingerprint density at radius 3 is 2.17 bits per heavy atom. The predicted molar refractivity (Wildman–Crippen MR) is 51.2 cm³/mol. The molecule has 1 aliphatic rings. The van der Waals surface area contributed by atoms with Crippen LogP contribution in [0.2, 0.25) is 0 Å². The number of rotatable bonds is 2. The molecule has 1 nitrogen and oxygen atoms in total. The van der Waals surface area contributed by atoms with Crippen LogP contribution in [0.25, 0.3) is 0 Å². The third kappa shape index (κ3) is 1.67. The smallest absolute Gasteiger partial charge is 0.134 e. The van der Waals surface area contributed by atoms with Crippen molar-refractivity contribution in [3.05, 3.63) is 10.6 Å². The highest BCUT2D eigenvalue weighted by Gasteiger charge is 2.58. The lowest BCUT2D eigenvalue weighted by Crippen LogP contribution is -1.99. The molecule has 0 N–H and O–H groups in total. The van der Waals surface area contributed by atoms with Gasteiger partial charge in [-0.3, -0.25) is 4.79 Å². The van der Waals surface area contributed by atoms with E-state index in [-0.39, 0.29) is 27.5 Å². The highest BCUT2D eigenvalue weighted by Crippen LogP contribution is 2.59. The van der Waals surface area contributed by atoms with E-state index in [2.05, 4.69) is 13.8 Å². The Balaban J connectivity index is 2.73. The number of carbonyl (C=O) groups is 1. The van der Waals surface area contributed by atoms with E-state index in [1.807, 2.05) is 0 Å². The average Bonchev–Trinajstić information content (AvgIpc) is 2.32. The lowest BCUT2D eigenvalue weighted by Gasteiger charge is -1.96. The van der Waals surface area contributed by atoms with Crippen molar-refractivity contribution in [1.29, 1.82) is 0 Å². The van der Waals surface area contributed by atoms with E-state index >= 15 is 0 Å². The van der Waals surface area contributed by atoms with E-state index in [9.17, 15) is 4.79 Å². The van der Waals surface area contributed by atoms with Gasteiger partial charge < -0.3 is 0 Å². The fourth-order valence-electron chi connectivity index (χ4n) is 1.90. The van der Waals surface area contributed by atoms with Gasteiger partial charge in [0.25, 0.3) is 0 Å². The minimum Gasteiger partial charge on any atom is -0.300 e. The van der Waals surface area contributed by atoms with Crippen molar-refractivity contribution < 1.29 is 4.79 Å². The molecule has 0 amide bonds. The molecule has 0 aromatic heterocycles. The first-order valence-corrected chi connectivity index (χ1v) is 4.66. The molecule has 0 radical (unpaired) electrons. The third-order valence-corrected chi connectivity index (χ3v) is 2.91. The quantitative estimate of drug-likeness (QED) is 0.679. The van der Waals surface area contributed by atoms with Gasteiger partial charge >= 0.3 is 0 Å². The van der Waals surface area contributed by atoms with E-state index in [0.717, 1.165) is 0 Å². The second kappa shape index (κ2) is 3.04. The third-order valence-electron chi connectivity index (χ3n) is 2.65. The van der Waals surface area contributed by atoms with Crippen molar-refractivity contribution in [2.45, 2.75) is 20.8 Å². The van der Waals surface area contributed by atoms with Crippen LogP contribution in [-0.2, 0) is 4.79 Å². The number of carbonyl (C=O) groups excluding carboxylic acids is 1. The van der Waals surface area contributed by atoms with Crippen molar-refractivity contribution >= 4 is 29.0 Å². The van der Waals surface area contributed by atoms with Crippen LogP contribution in [0.1, 0.15) is 20.8 Å². The van der Waals surface area contributed by atoms with Crippen molar-refractivity contribution in [2.24, 2.45) is 17.3 Å². The van der Waals surface area contributed by atoms with Crippen LogP contribution < -0.4 is 0 Å². The van der Waals surface area contributed by atoms with Crippen LogP contribution >= 0.6 is 23.2 Å². The summed E-state index contributed by atoms with van der Waals surface area (Å²) in [6.45, 7) is 5.72. The SMILES string of the molecule is CC(=O)[C@@H]1[C@@H](C=C(Cl)Cl)C1(C)C. The second-order valence-corrected chi connectivity index (χ2v) is 4.90. The molecule has 0 saturated heterocycles. The van der Waals surface area contributed by atoms with Crippen molar-refractivity contribution in [3.63, 3.8) is 0 Å². The lowest BCUT2D eigenvalue weighted by atomic mass is 10.1. The van der Waals surface area contributed by atoms with E-state index in [4.69, 9.17) is 23.2 Å². The first kappa shape index (κ1) is 10.1. The van der Waals surface area contributed by atoms with Gasteiger partial charge in [-0.15, -0.1) is 0 Å². The molecule has 0 bridgehead atoms. The molecule has 0 aliphatic heterocycles. The van der Waals surface area contributed by atoms with Crippen LogP contribution in [0.4, 0.5) is 0 Å². The number of ketones is 1. The molecule has 0 aromatic rings. The van der Waals surface area contributed by atoms with Crippen molar-refractivity contribution in [2.75, 3.05) is 0 Å². The molecular weight excluding hydrogens is 195 g/mol. The average molecular weight is 207 g/mol. The molecule has 0 unspecified atom stereocenters. The van der Waals surface area contributed by atoms with Crippen LogP contribution in [0.15, 0.2) is 10.6 Å². The Labute approximate surface area is 82.7 Å². The van der Waals surface area contributed by atoms with E-state index in [1.165, 1.54) is 0 Å². The largest absolute Gasteiger partial charge is 0.300 e. The normalized spacial score (nSPS) is 31.1. The molecule has 1 fully saturated rings. The molecule has 1 rings (SSSR count). The molecule has 0 spiro atoms. The highest BCUT2D eigenvalue weighted by atomic mass is 35.5. The first-order chi connectivity index (χ1) is 5.37. The van der Waals surface area contributed by atoms with Gasteiger partial charge in [-0.05, 0) is 24.3 Å². The first-order valence-electron chi connectivity index (χ1n) is 3.90. The van der Waals surface area contributed by atoms with E-state index < -0.39 is 0 Å². The summed E-state index contributed by atoms with van der Waals surface area (Å²) >= 11 is 11.1. The molecule has 0 heterocycles. The maximum absolute atomic E-state index is 11.1. The Kier molecular flexibility index (Phi) is 2.55. The van der Waals surface area contributed by atoms with Crippen LogP contribution in [-0.4, -0.2) is 5.78 Å². The monoisotopic (exact) mass is 206 g/mol. The van der Waals surface area contributed by atoms with Gasteiger partial charge in [-0.2, -0.15) is 0 Å². The predicted octanol–water partition coefficient (Wildman–Crippen LogP) is 3.17. The minimum atomic E-state index is 0.0425. The van der Waals surface area contributed by atoms with Gasteiger partial charge in [0.05, 0.1) is 0 Å². The van der Waals surface area contributed by atoms with Crippen LogP contribution in [0, 0.1) is 17.3 Å². The summed E-state index contributed by atoms with van der Waals surface area (Å²) in [4.78, 5) is 11.1. The zero-order valence-corrected chi connectivity index (χ0v) is 8.91. The molecule has 3 heteroatoms. The molecule has 2 atom stereocenters. The standard InChI is InChI=1S/C9H12Cl2O/c1-5(12)8-6(4-7(10)11)9(8,2)3/h4,6,8H,1-3H3/t6-,8-/m1/s1. The molecule has 0 aromatic carbocycles. The summed E-state index contributed by atoms with van der Waals surface area (Å²) in [5.41, 5.74) is 0.0425. The van der Waals surface area contributed by atoms with Gasteiger partial charge in [0.2, 0.25) is 0 Å². The summed E-state index contributed by atoms with van der Waals surface area (Å²) in [5, 5.41) is 0. The maximum atomic E-state index is 11.1. The second-order valence-electron chi connectivity index (χ2n) is 3.89. The zero-order chi connectivity index (χ0) is 9.52. The van der Waals surface area contributed by atoms with E-state index in [1.54, 1.807) is 13.0 Å². The number of allylic oxidation sites excluding steroid dienone is 1. The van der Waals surface area contributed by atoms with Crippen LogP contribution in [0.3, 0.4) is 0 Å². The molecule has 12 heavy (non-hydrogen) atoms. The van der Waals surface area contributed by atoms with Crippen molar-refractivity contribution in [3.8, 4) is 0 Å². The lowest BCUT2D eigenvalue weighted by molar-refractivity contribution is -0.118. The fourth-order valence-corrected chi connectivity index (χ4v) is 2.17. The zero-order valence-electron chi connectivity index (χ0n) is 7.40. The summed E-state index contributed by atoms with van der Waals surface area (Å²) < 4.78 is 0.261. The number of Topliss-reactive ketones (excluding diaryl/α,β-unsaturated/α-hetero) is 1. The van der Waals surface area contributed by atoms with Crippen molar-refractivity contribution in [1.82, 2.24) is 0 Å². The Bertz CT molecular complexity index is 239. The van der Waals surface area contributed by atoms with Gasteiger partial charge in [-0.1, -0.05) is 37.0 Å². The summed E-state index contributed by atoms with van der Waals surface area (Å²) in [5.74, 6) is 0.542. The topological polar surface area (TPSA) is 17.1 Å². The number of hydrogen-bond donors (Lipinski definition) is 0. The van der Waals surface area contributed by atoms with Gasteiger partial charge in [-0.25, -0.2) is 0 Å². The Hall–Kier alpha value is -0.0100. The summed E-state index contributed by atoms with van der Waals surface area (Å²) in [6, 6.07) is 0. The summed E-state index contributed by atoms with van der Waals surface area (Å²) in [6.07, 6.45) is 1.76. The van der Waals surface area contributed by atoms with E-state index in [0.29, 0.717) is 0 Å². The number of halogens is 2. The van der Waals surface area contributed by atoms with Gasteiger partial charge in [0.15, 0.2) is 0 Å². The summed E-state index contributed by atoms with van der Waals surface area (Å²) in [7, 11) is 0. The maximum Gasteiger partial charge on any atom is 0.134 e. The number of hydrogen-bond acceptors (Lipinski definition) is 1.